The Bertz CT molecular complexity index is 483. The van der Waals surface area contributed by atoms with E-state index in [0.29, 0.717) is 12.2 Å². The Hall–Kier alpha value is -1.36. The van der Waals surface area contributed by atoms with Crippen molar-refractivity contribution >= 4 is 32.2 Å². The highest BCUT2D eigenvalue weighted by molar-refractivity contribution is 9.18. The standard InChI is InChI=1S/C11H11BrN2O2/c1-6(15)16-5-8-2-7-4-14-11(12)9(7)3-10(8)13/h2-3H,4-5,13H2,1H3. The molecule has 0 fully saturated rings. The van der Waals surface area contributed by atoms with Crippen molar-refractivity contribution in [2.75, 3.05) is 5.73 Å². The van der Waals surface area contributed by atoms with Gasteiger partial charge in [0.15, 0.2) is 0 Å². The number of nitrogens with zero attached hydrogens (tertiary/aromatic N) is 1. The van der Waals surface area contributed by atoms with Gasteiger partial charge in [-0.05, 0) is 33.6 Å². The van der Waals surface area contributed by atoms with Gasteiger partial charge in [-0.2, -0.15) is 0 Å². The number of esters is 1. The zero-order valence-electron chi connectivity index (χ0n) is 8.79. The summed E-state index contributed by atoms with van der Waals surface area (Å²) in [6, 6.07) is 3.79. The predicted molar refractivity (Wildman–Crippen MR) is 65.5 cm³/mol. The first kappa shape index (κ1) is 11.1. The first-order valence-electron chi connectivity index (χ1n) is 4.83. The predicted octanol–water partition coefficient (Wildman–Crippen LogP) is 1.99. The van der Waals surface area contributed by atoms with Crippen molar-refractivity contribution in [2.45, 2.75) is 20.1 Å². The van der Waals surface area contributed by atoms with Crippen LogP contribution in [0.3, 0.4) is 0 Å². The number of benzene rings is 1. The molecule has 5 heteroatoms. The van der Waals surface area contributed by atoms with Gasteiger partial charge in [0.05, 0.1) is 6.54 Å². The molecule has 1 aliphatic rings. The summed E-state index contributed by atoms with van der Waals surface area (Å²) in [6.45, 7) is 2.23. The molecule has 0 saturated carbocycles. The summed E-state index contributed by atoms with van der Waals surface area (Å²) in [7, 11) is 0. The van der Waals surface area contributed by atoms with Crippen LogP contribution in [0.25, 0.3) is 0 Å². The van der Waals surface area contributed by atoms with Crippen LogP contribution in [0.4, 0.5) is 5.69 Å². The molecular formula is C11H11BrN2O2. The number of rotatable bonds is 2. The largest absolute Gasteiger partial charge is 0.461 e. The number of nitrogens with two attached hydrogens (primary N) is 1. The number of anilines is 1. The van der Waals surface area contributed by atoms with Crippen molar-refractivity contribution in [3.05, 3.63) is 28.8 Å². The van der Waals surface area contributed by atoms with Crippen molar-refractivity contribution in [1.82, 2.24) is 0 Å². The van der Waals surface area contributed by atoms with Gasteiger partial charge in [-0.1, -0.05) is 0 Å². The third-order valence-corrected chi connectivity index (χ3v) is 3.08. The number of nitrogen functional groups attached to an aromatic ring is 1. The maximum absolute atomic E-state index is 10.7. The summed E-state index contributed by atoms with van der Waals surface area (Å²) in [6.07, 6.45) is 0. The molecule has 0 bridgehead atoms. The van der Waals surface area contributed by atoms with E-state index < -0.39 is 0 Å². The Kier molecular flexibility index (Phi) is 2.96. The fourth-order valence-electron chi connectivity index (χ4n) is 1.58. The maximum atomic E-state index is 10.7. The maximum Gasteiger partial charge on any atom is 0.302 e. The molecule has 0 spiro atoms. The molecule has 16 heavy (non-hydrogen) atoms. The highest BCUT2D eigenvalue weighted by atomic mass is 79.9. The molecule has 2 N–H and O–H groups in total. The van der Waals surface area contributed by atoms with Crippen LogP contribution >= 0.6 is 15.9 Å². The molecule has 1 heterocycles. The van der Waals surface area contributed by atoms with Gasteiger partial charge in [0.2, 0.25) is 0 Å². The quantitative estimate of drug-likeness (QED) is 0.666. The summed E-state index contributed by atoms with van der Waals surface area (Å²) < 4.78 is 5.75. The first-order chi connectivity index (χ1) is 7.58. The summed E-state index contributed by atoms with van der Waals surface area (Å²) in [4.78, 5) is 15.0. The van der Waals surface area contributed by atoms with E-state index in [9.17, 15) is 4.79 Å². The molecule has 0 radical (unpaired) electrons. The van der Waals surface area contributed by atoms with E-state index in [1.54, 1.807) is 0 Å². The number of aliphatic imine (C=N–C) groups is 1. The van der Waals surface area contributed by atoms with E-state index >= 15 is 0 Å². The van der Waals surface area contributed by atoms with Gasteiger partial charge in [-0.15, -0.1) is 0 Å². The van der Waals surface area contributed by atoms with Crippen molar-refractivity contribution in [1.29, 1.82) is 0 Å². The van der Waals surface area contributed by atoms with E-state index in [4.69, 9.17) is 10.5 Å². The summed E-state index contributed by atoms with van der Waals surface area (Å²) in [5.74, 6) is -0.308. The minimum atomic E-state index is -0.308. The Morgan fingerprint density at radius 1 is 1.62 bits per heavy atom. The van der Waals surface area contributed by atoms with Gasteiger partial charge in [0.1, 0.15) is 11.2 Å². The zero-order valence-corrected chi connectivity index (χ0v) is 10.4. The van der Waals surface area contributed by atoms with E-state index in [1.165, 1.54) is 6.92 Å². The average Bonchev–Trinajstić information content (AvgIpc) is 2.57. The third-order valence-electron chi connectivity index (χ3n) is 2.41. The zero-order chi connectivity index (χ0) is 11.7. The van der Waals surface area contributed by atoms with Crippen LogP contribution in [0.2, 0.25) is 0 Å². The number of ether oxygens (including phenoxy) is 1. The molecule has 0 amide bonds. The molecule has 1 aromatic rings. The minimum Gasteiger partial charge on any atom is -0.461 e. The van der Waals surface area contributed by atoms with Crippen LogP contribution < -0.4 is 5.73 Å². The van der Waals surface area contributed by atoms with Gasteiger partial charge in [-0.3, -0.25) is 9.79 Å². The van der Waals surface area contributed by atoms with E-state index in [2.05, 4.69) is 20.9 Å². The molecular weight excluding hydrogens is 272 g/mol. The third kappa shape index (κ3) is 2.09. The first-order valence-corrected chi connectivity index (χ1v) is 5.62. The lowest BCUT2D eigenvalue weighted by Gasteiger charge is -2.08. The SMILES string of the molecule is CC(=O)OCc1cc2c(cc1N)C(Br)=NC2. The molecule has 0 aromatic heterocycles. The number of carbonyl (C=O) groups is 1. The van der Waals surface area contributed by atoms with Crippen molar-refractivity contribution in [2.24, 2.45) is 4.99 Å². The monoisotopic (exact) mass is 282 g/mol. The fraction of sp³-hybridized carbons (Fsp3) is 0.273. The molecule has 2 rings (SSSR count). The molecule has 0 unspecified atom stereocenters. The number of hydrogen-bond acceptors (Lipinski definition) is 4. The number of carbonyl (C=O) groups excluding carboxylic acids is 1. The molecule has 0 saturated heterocycles. The fourth-order valence-corrected chi connectivity index (χ4v) is 2.07. The van der Waals surface area contributed by atoms with E-state index in [-0.39, 0.29) is 12.6 Å². The Morgan fingerprint density at radius 3 is 3.06 bits per heavy atom. The summed E-state index contributed by atoms with van der Waals surface area (Å²) in [5, 5.41) is 0. The lowest BCUT2D eigenvalue weighted by Crippen LogP contribution is -2.04. The lowest BCUT2D eigenvalue weighted by molar-refractivity contribution is -0.142. The van der Waals surface area contributed by atoms with Crippen molar-refractivity contribution < 1.29 is 9.53 Å². The van der Waals surface area contributed by atoms with Gasteiger partial charge in [0, 0.05) is 23.7 Å². The molecule has 0 atom stereocenters. The number of hydrogen-bond donors (Lipinski definition) is 1. The molecule has 0 aliphatic carbocycles. The van der Waals surface area contributed by atoms with Crippen molar-refractivity contribution in [3.63, 3.8) is 0 Å². The number of fused-ring (bicyclic) bond motifs is 1. The molecule has 1 aliphatic heterocycles. The molecule has 84 valence electrons. The van der Waals surface area contributed by atoms with Gasteiger partial charge in [0.25, 0.3) is 0 Å². The van der Waals surface area contributed by atoms with Crippen LogP contribution in [0.1, 0.15) is 23.6 Å². The topological polar surface area (TPSA) is 64.7 Å². The average molecular weight is 283 g/mol. The molecule has 1 aromatic carbocycles. The Morgan fingerprint density at radius 2 is 2.38 bits per heavy atom. The lowest BCUT2D eigenvalue weighted by atomic mass is 10.0. The second-order valence-electron chi connectivity index (χ2n) is 3.60. The smallest absolute Gasteiger partial charge is 0.302 e. The molecule has 4 nitrogen and oxygen atoms in total. The second-order valence-corrected chi connectivity index (χ2v) is 4.35. The van der Waals surface area contributed by atoms with Crippen LogP contribution in [-0.4, -0.2) is 10.6 Å². The minimum absolute atomic E-state index is 0.214. The van der Waals surface area contributed by atoms with Crippen LogP contribution in [0.15, 0.2) is 17.1 Å². The van der Waals surface area contributed by atoms with Crippen LogP contribution in [0.5, 0.6) is 0 Å². The Labute approximate surface area is 102 Å². The van der Waals surface area contributed by atoms with Crippen LogP contribution in [-0.2, 0) is 22.7 Å². The highest BCUT2D eigenvalue weighted by Crippen LogP contribution is 2.27. The van der Waals surface area contributed by atoms with Gasteiger partial charge in [-0.25, -0.2) is 0 Å². The normalized spacial score (nSPS) is 13.2. The Balaban J connectivity index is 2.27. The van der Waals surface area contributed by atoms with Gasteiger partial charge >= 0.3 is 5.97 Å². The van der Waals surface area contributed by atoms with Crippen molar-refractivity contribution in [3.8, 4) is 0 Å². The highest BCUT2D eigenvalue weighted by Gasteiger charge is 2.16. The van der Waals surface area contributed by atoms with Gasteiger partial charge < -0.3 is 10.5 Å². The summed E-state index contributed by atoms with van der Waals surface area (Å²) in [5.41, 5.74) is 9.44. The van der Waals surface area contributed by atoms with Crippen LogP contribution in [0, 0.1) is 0 Å². The summed E-state index contributed by atoms with van der Waals surface area (Å²) >= 11 is 3.37. The van der Waals surface area contributed by atoms with E-state index in [0.717, 1.165) is 21.3 Å². The van der Waals surface area contributed by atoms with E-state index in [1.807, 2.05) is 12.1 Å². The number of halogens is 1. The second kappa shape index (κ2) is 4.25.